The molecule has 10 nitrogen and oxygen atoms in total. The zero-order chi connectivity index (χ0) is 30.7. The van der Waals surface area contributed by atoms with Crippen LogP contribution in [0.4, 0.5) is 4.79 Å². The van der Waals surface area contributed by atoms with Crippen LogP contribution in [0.25, 0.3) is 0 Å². The minimum absolute atomic E-state index is 0.0535. The number of hydrogen-bond acceptors (Lipinski definition) is 7. The molecule has 0 fully saturated rings. The third kappa shape index (κ3) is 11.3. The summed E-state index contributed by atoms with van der Waals surface area (Å²) in [5, 5.41) is 5.47. The van der Waals surface area contributed by atoms with Gasteiger partial charge in [-0.25, -0.2) is 9.59 Å². The molecule has 0 spiro atoms. The number of likely N-dealkylation sites (N-methyl/N-ethyl adjacent to an activating group) is 1. The van der Waals surface area contributed by atoms with Gasteiger partial charge in [0, 0.05) is 13.5 Å². The molecule has 0 aliphatic carbocycles. The van der Waals surface area contributed by atoms with Gasteiger partial charge in [-0.15, -0.1) is 0 Å². The number of carbonyl (C=O) groups excluding carboxylic acids is 4. The first-order valence-electron chi connectivity index (χ1n) is 14.0. The Balaban J connectivity index is 2.24. The van der Waals surface area contributed by atoms with E-state index in [9.17, 15) is 19.2 Å². The van der Waals surface area contributed by atoms with Gasteiger partial charge in [0.05, 0.1) is 12.5 Å². The summed E-state index contributed by atoms with van der Waals surface area (Å²) in [6.45, 7) is 12.8. The lowest BCUT2D eigenvalue weighted by molar-refractivity contribution is -0.160. The number of carbonyl (C=O) groups is 4. The van der Waals surface area contributed by atoms with Crippen molar-refractivity contribution in [2.45, 2.75) is 91.6 Å². The molecule has 0 aliphatic rings. The van der Waals surface area contributed by atoms with Crippen LogP contribution in [0, 0.1) is 11.8 Å². The maximum absolute atomic E-state index is 13.8. The molecule has 10 heteroatoms. The Morgan fingerprint density at radius 1 is 0.951 bits per heavy atom. The Morgan fingerprint density at radius 3 is 2.15 bits per heavy atom. The van der Waals surface area contributed by atoms with Crippen LogP contribution in [0.2, 0.25) is 0 Å². The first-order valence-corrected chi connectivity index (χ1v) is 14.0. The quantitative estimate of drug-likeness (QED) is 0.340. The predicted octanol–water partition coefficient (Wildman–Crippen LogP) is 4.47. The van der Waals surface area contributed by atoms with Crippen molar-refractivity contribution in [2.75, 3.05) is 7.05 Å². The zero-order valence-electron chi connectivity index (χ0n) is 25.4. The van der Waals surface area contributed by atoms with E-state index in [0.29, 0.717) is 12.0 Å². The number of hydrogen-bond donors (Lipinski definition) is 2. The van der Waals surface area contributed by atoms with Crippen LogP contribution in [-0.4, -0.2) is 59.6 Å². The Hall–Kier alpha value is -3.82. The van der Waals surface area contributed by atoms with Crippen LogP contribution < -0.4 is 10.6 Å². The number of nitrogens with one attached hydrogen (secondary N) is 2. The Bertz CT molecular complexity index is 1120. The lowest BCUT2D eigenvalue weighted by Crippen LogP contribution is -2.58. The largest absolute Gasteiger partial charge is 0.472 e. The number of nitrogens with zero attached hydrogens (tertiary/aromatic N) is 1. The summed E-state index contributed by atoms with van der Waals surface area (Å²) in [7, 11) is 1.51. The monoisotopic (exact) mass is 571 g/mol. The molecule has 1 aromatic heterocycles. The van der Waals surface area contributed by atoms with E-state index in [1.54, 1.807) is 40.7 Å². The number of amides is 3. The molecular formula is C31H45N3O7. The van der Waals surface area contributed by atoms with E-state index in [1.165, 1.54) is 24.5 Å². The fraction of sp³-hybridized carbons (Fsp3) is 0.548. The van der Waals surface area contributed by atoms with E-state index in [2.05, 4.69) is 10.6 Å². The molecule has 0 aliphatic heterocycles. The summed E-state index contributed by atoms with van der Waals surface area (Å²) in [5.74, 6) is -1.75. The van der Waals surface area contributed by atoms with Gasteiger partial charge < -0.3 is 29.4 Å². The molecule has 1 aromatic carbocycles. The smallest absolute Gasteiger partial charge is 0.408 e. The van der Waals surface area contributed by atoms with Gasteiger partial charge in [-0.05, 0) is 56.2 Å². The molecule has 3 atom stereocenters. The summed E-state index contributed by atoms with van der Waals surface area (Å²) < 4.78 is 16.1. The van der Waals surface area contributed by atoms with Gasteiger partial charge in [0.25, 0.3) is 0 Å². The van der Waals surface area contributed by atoms with Crippen molar-refractivity contribution in [1.82, 2.24) is 15.5 Å². The molecule has 0 unspecified atom stereocenters. The highest BCUT2D eigenvalue weighted by Gasteiger charge is 2.36. The molecule has 2 N–H and O–H groups in total. The van der Waals surface area contributed by atoms with Crippen LogP contribution >= 0.6 is 0 Å². The van der Waals surface area contributed by atoms with E-state index in [-0.39, 0.29) is 24.9 Å². The SMILES string of the molecule is CC(C)C[C@H](NC(=O)OCc1ccccc1)C(=O)N(C)[C@@H](Cc1ccoc1)C(=O)N[C@H](C(=O)OC(C)(C)C)C(C)C. The number of rotatable bonds is 13. The van der Waals surface area contributed by atoms with Crippen molar-refractivity contribution >= 4 is 23.9 Å². The van der Waals surface area contributed by atoms with Gasteiger partial charge in [-0.2, -0.15) is 0 Å². The third-order valence-corrected chi connectivity index (χ3v) is 6.26. The lowest BCUT2D eigenvalue weighted by Gasteiger charge is -2.33. The molecule has 226 valence electrons. The molecule has 3 amide bonds. The topological polar surface area (TPSA) is 127 Å². The van der Waals surface area contributed by atoms with Crippen molar-refractivity contribution in [3.05, 3.63) is 60.1 Å². The van der Waals surface area contributed by atoms with Crippen LogP contribution in [0.1, 0.15) is 66.0 Å². The van der Waals surface area contributed by atoms with Gasteiger partial charge in [0.1, 0.15) is 30.3 Å². The summed E-state index contributed by atoms with van der Waals surface area (Å²) in [6, 6.07) is 8.06. The zero-order valence-corrected chi connectivity index (χ0v) is 25.4. The maximum Gasteiger partial charge on any atom is 0.408 e. The Morgan fingerprint density at radius 2 is 1.61 bits per heavy atom. The number of ether oxygens (including phenoxy) is 2. The van der Waals surface area contributed by atoms with Crippen molar-refractivity contribution in [1.29, 1.82) is 0 Å². The van der Waals surface area contributed by atoms with Crippen molar-refractivity contribution in [3.63, 3.8) is 0 Å². The van der Waals surface area contributed by atoms with Crippen LogP contribution in [0.15, 0.2) is 53.3 Å². The fourth-order valence-electron chi connectivity index (χ4n) is 4.15. The maximum atomic E-state index is 13.8. The van der Waals surface area contributed by atoms with Gasteiger partial charge >= 0.3 is 12.1 Å². The van der Waals surface area contributed by atoms with E-state index in [1.807, 2.05) is 44.2 Å². The highest BCUT2D eigenvalue weighted by molar-refractivity contribution is 5.93. The number of alkyl carbamates (subject to hydrolysis) is 1. The molecule has 2 aromatic rings. The van der Waals surface area contributed by atoms with Gasteiger partial charge in [0.2, 0.25) is 11.8 Å². The van der Waals surface area contributed by atoms with Gasteiger partial charge in [-0.1, -0.05) is 58.0 Å². The van der Waals surface area contributed by atoms with Crippen molar-refractivity contribution in [3.8, 4) is 0 Å². The minimum Gasteiger partial charge on any atom is -0.472 e. The first-order chi connectivity index (χ1) is 19.2. The van der Waals surface area contributed by atoms with Gasteiger partial charge in [0.15, 0.2) is 0 Å². The fourth-order valence-corrected chi connectivity index (χ4v) is 4.15. The molecule has 1 heterocycles. The van der Waals surface area contributed by atoms with Crippen LogP contribution in [0.5, 0.6) is 0 Å². The lowest BCUT2D eigenvalue weighted by atomic mass is 9.99. The normalized spacial score (nSPS) is 13.7. The Labute approximate surface area is 243 Å². The molecule has 0 bridgehead atoms. The average molecular weight is 572 g/mol. The molecule has 0 saturated carbocycles. The molecular weight excluding hydrogens is 526 g/mol. The van der Waals surface area contributed by atoms with Gasteiger partial charge in [-0.3, -0.25) is 9.59 Å². The number of benzene rings is 1. The number of furan rings is 1. The van der Waals surface area contributed by atoms with Crippen molar-refractivity contribution < 1.29 is 33.1 Å². The Kier molecular flexibility index (Phi) is 12.4. The highest BCUT2D eigenvalue weighted by Crippen LogP contribution is 2.17. The van der Waals surface area contributed by atoms with Crippen molar-refractivity contribution in [2.24, 2.45) is 11.8 Å². The summed E-state index contributed by atoms with van der Waals surface area (Å²) in [4.78, 5) is 54.3. The predicted molar refractivity (Wildman–Crippen MR) is 155 cm³/mol. The van der Waals surface area contributed by atoms with Crippen LogP contribution in [0.3, 0.4) is 0 Å². The summed E-state index contributed by atoms with van der Waals surface area (Å²) >= 11 is 0. The van der Waals surface area contributed by atoms with E-state index in [4.69, 9.17) is 13.9 Å². The van der Waals surface area contributed by atoms with E-state index < -0.39 is 47.6 Å². The van der Waals surface area contributed by atoms with E-state index in [0.717, 1.165) is 5.56 Å². The summed E-state index contributed by atoms with van der Waals surface area (Å²) in [5.41, 5.74) is 0.773. The molecule has 2 rings (SSSR count). The third-order valence-electron chi connectivity index (χ3n) is 6.26. The van der Waals surface area contributed by atoms with Crippen LogP contribution in [-0.2, 0) is 36.9 Å². The highest BCUT2D eigenvalue weighted by atomic mass is 16.6. The first kappa shape index (κ1) is 33.4. The standard InChI is InChI=1S/C31H45N3O7/c1-20(2)16-24(32-30(38)40-19-22-12-10-9-11-13-22)28(36)34(8)25(17-23-14-15-39-18-23)27(35)33-26(21(3)4)29(37)41-31(5,6)7/h9-15,18,20-21,24-26H,16-17,19H2,1-8H3,(H,32,38)(H,33,35)/t24-,25-,26-/m0/s1. The number of esters is 1. The second kappa shape index (κ2) is 15.3. The molecule has 0 saturated heterocycles. The molecule has 41 heavy (non-hydrogen) atoms. The summed E-state index contributed by atoms with van der Waals surface area (Å²) in [6.07, 6.45) is 2.71. The minimum atomic E-state index is -0.999. The van der Waals surface area contributed by atoms with E-state index >= 15 is 0 Å². The molecule has 0 radical (unpaired) electrons. The second-order valence-electron chi connectivity index (χ2n) is 12.0. The average Bonchev–Trinajstić information content (AvgIpc) is 3.40. The second-order valence-corrected chi connectivity index (χ2v) is 12.0.